The van der Waals surface area contributed by atoms with Crippen LogP contribution in [0.25, 0.3) is 0 Å². The molecule has 0 aliphatic heterocycles. The molecular formula is C23H31N3O5S. The molecule has 2 aromatic rings. The van der Waals surface area contributed by atoms with Gasteiger partial charge in [0.25, 0.3) is 11.8 Å². The number of carbonyl (C=O) groups excluding carboxylic acids is 2. The van der Waals surface area contributed by atoms with Gasteiger partial charge in [-0.3, -0.25) is 20.4 Å². The van der Waals surface area contributed by atoms with E-state index >= 15 is 0 Å². The molecule has 0 saturated carbocycles. The quantitative estimate of drug-likeness (QED) is 0.559. The molecule has 0 bridgehead atoms. The highest BCUT2D eigenvalue weighted by atomic mass is 32.2. The van der Waals surface area contributed by atoms with Gasteiger partial charge in [-0.05, 0) is 48.2 Å². The average molecular weight is 462 g/mol. The van der Waals surface area contributed by atoms with E-state index in [-0.39, 0.29) is 17.1 Å². The maximum Gasteiger partial charge on any atom is 0.276 e. The summed E-state index contributed by atoms with van der Waals surface area (Å²) >= 11 is 0. The maximum absolute atomic E-state index is 12.7. The molecule has 32 heavy (non-hydrogen) atoms. The van der Waals surface area contributed by atoms with Crippen LogP contribution in [0.1, 0.15) is 55.1 Å². The summed E-state index contributed by atoms with van der Waals surface area (Å²) in [7, 11) is -3.70. The van der Waals surface area contributed by atoms with E-state index in [2.05, 4.69) is 24.7 Å². The molecule has 0 atom stereocenters. The molecule has 0 saturated heterocycles. The van der Waals surface area contributed by atoms with E-state index < -0.39 is 21.8 Å². The van der Waals surface area contributed by atoms with E-state index in [9.17, 15) is 18.0 Å². The number of aryl methyl sites for hydroxylation is 1. The Morgan fingerprint density at radius 1 is 1.03 bits per heavy atom. The van der Waals surface area contributed by atoms with Gasteiger partial charge in [-0.25, -0.2) is 8.42 Å². The summed E-state index contributed by atoms with van der Waals surface area (Å²) in [5, 5.41) is 0. The summed E-state index contributed by atoms with van der Waals surface area (Å²) in [5.74, 6) is -0.244. The van der Waals surface area contributed by atoms with Gasteiger partial charge in [0.05, 0.1) is 4.90 Å². The number of benzene rings is 2. The minimum absolute atomic E-state index is 0.0176. The average Bonchev–Trinajstić information content (AvgIpc) is 2.77. The number of nitrogens with one attached hydrogen (secondary N) is 2. The standard InChI is InChI=1S/C23H31N3O5S/c1-6-26(7-2)32(29,30)20-10-8-9-19(13-20)23(28)25-24-22(27)15-31-21-14-18(16(3)4)12-11-17(21)5/h8-14,16H,6-7,15H2,1-5H3,(H,24,27)(H,25,28). The molecule has 2 aromatic carbocycles. The fraction of sp³-hybridized carbons (Fsp3) is 0.391. The number of hydrogen-bond donors (Lipinski definition) is 2. The van der Waals surface area contributed by atoms with Crippen molar-refractivity contribution in [2.24, 2.45) is 0 Å². The van der Waals surface area contributed by atoms with E-state index in [1.54, 1.807) is 13.8 Å². The topological polar surface area (TPSA) is 105 Å². The van der Waals surface area contributed by atoms with Crippen LogP contribution in [0, 0.1) is 6.92 Å². The maximum atomic E-state index is 12.7. The SMILES string of the molecule is CCN(CC)S(=O)(=O)c1cccc(C(=O)NNC(=O)COc2cc(C(C)C)ccc2C)c1. The lowest BCUT2D eigenvalue weighted by Crippen LogP contribution is -2.43. The third-order valence-corrected chi connectivity index (χ3v) is 7.04. The molecule has 2 amide bonds. The Morgan fingerprint density at radius 2 is 1.72 bits per heavy atom. The lowest BCUT2D eigenvalue weighted by atomic mass is 10.0. The normalized spacial score (nSPS) is 11.5. The minimum atomic E-state index is -3.70. The number of amides is 2. The van der Waals surface area contributed by atoms with Gasteiger partial charge in [0.2, 0.25) is 10.0 Å². The largest absolute Gasteiger partial charge is 0.483 e. The van der Waals surface area contributed by atoms with Gasteiger partial charge in [0.1, 0.15) is 5.75 Å². The number of sulfonamides is 1. The van der Waals surface area contributed by atoms with Crippen molar-refractivity contribution in [3.05, 3.63) is 59.2 Å². The molecule has 0 radical (unpaired) electrons. The van der Waals surface area contributed by atoms with E-state index in [0.717, 1.165) is 11.1 Å². The predicted octanol–water partition coefficient (Wildman–Crippen LogP) is 2.99. The van der Waals surface area contributed by atoms with Crippen molar-refractivity contribution < 1.29 is 22.7 Å². The minimum Gasteiger partial charge on any atom is -0.483 e. The molecule has 9 heteroatoms. The van der Waals surface area contributed by atoms with Gasteiger partial charge in [0, 0.05) is 18.7 Å². The summed E-state index contributed by atoms with van der Waals surface area (Å²) in [4.78, 5) is 24.5. The zero-order valence-corrected chi connectivity index (χ0v) is 20.0. The Balaban J connectivity index is 1.98. The summed E-state index contributed by atoms with van der Waals surface area (Å²) < 4.78 is 32.2. The van der Waals surface area contributed by atoms with Crippen LogP contribution in [-0.4, -0.2) is 44.2 Å². The lowest BCUT2D eigenvalue weighted by Gasteiger charge is -2.18. The number of nitrogens with zero attached hydrogens (tertiary/aromatic N) is 1. The number of rotatable bonds is 9. The summed E-state index contributed by atoms with van der Waals surface area (Å²) in [6.07, 6.45) is 0. The highest BCUT2D eigenvalue weighted by Gasteiger charge is 2.22. The molecule has 0 aliphatic carbocycles. The third kappa shape index (κ3) is 6.30. The predicted molar refractivity (Wildman–Crippen MR) is 123 cm³/mol. The molecule has 2 N–H and O–H groups in total. The summed E-state index contributed by atoms with van der Waals surface area (Å²) in [6.45, 7) is 9.89. The lowest BCUT2D eigenvalue weighted by molar-refractivity contribution is -0.123. The first-order chi connectivity index (χ1) is 15.1. The van der Waals surface area contributed by atoms with Gasteiger partial charge in [-0.2, -0.15) is 4.31 Å². The van der Waals surface area contributed by atoms with Crippen LogP contribution in [0.4, 0.5) is 0 Å². The number of hydrogen-bond acceptors (Lipinski definition) is 5. The van der Waals surface area contributed by atoms with Crippen LogP contribution >= 0.6 is 0 Å². The fourth-order valence-electron chi connectivity index (χ4n) is 3.02. The highest BCUT2D eigenvalue weighted by Crippen LogP contribution is 2.24. The van der Waals surface area contributed by atoms with Gasteiger partial charge in [-0.15, -0.1) is 0 Å². The van der Waals surface area contributed by atoms with Crippen LogP contribution in [-0.2, 0) is 14.8 Å². The van der Waals surface area contributed by atoms with Gasteiger partial charge >= 0.3 is 0 Å². The van der Waals surface area contributed by atoms with E-state index in [1.165, 1.54) is 28.6 Å². The molecule has 0 heterocycles. The highest BCUT2D eigenvalue weighted by molar-refractivity contribution is 7.89. The van der Waals surface area contributed by atoms with Crippen LogP contribution < -0.4 is 15.6 Å². The van der Waals surface area contributed by atoms with Crippen molar-refractivity contribution in [3.8, 4) is 5.75 Å². The van der Waals surface area contributed by atoms with Crippen molar-refractivity contribution in [1.82, 2.24) is 15.2 Å². The summed E-state index contributed by atoms with van der Waals surface area (Å²) in [5.41, 5.74) is 6.68. The molecule has 0 fully saturated rings. The molecular weight excluding hydrogens is 430 g/mol. The number of ether oxygens (including phenoxy) is 1. The van der Waals surface area contributed by atoms with Crippen molar-refractivity contribution in [1.29, 1.82) is 0 Å². The Hall–Kier alpha value is -2.91. The molecule has 174 valence electrons. The first kappa shape index (κ1) is 25.4. The Kier molecular flexibility index (Phi) is 8.80. The van der Waals surface area contributed by atoms with E-state index in [1.807, 2.05) is 25.1 Å². The van der Waals surface area contributed by atoms with Crippen molar-refractivity contribution in [2.45, 2.75) is 45.4 Å². The molecule has 2 rings (SSSR count). The van der Waals surface area contributed by atoms with Crippen LogP contribution in [0.15, 0.2) is 47.4 Å². The molecule has 8 nitrogen and oxygen atoms in total. The second kappa shape index (κ2) is 11.1. The van der Waals surface area contributed by atoms with Crippen molar-refractivity contribution >= 4 is 21.8 Å². The third-order valence-electron chi connectivity index (χ3n) is 4.99. The molecule has 0 unspecified atom stereocenters. The summed E-state index contributed by atoms with van der Waals surface area (Å²) in [6, 6.07) is 11.5. The van der Waals surface area contributed by atoms with Gasteiger partial charge in [0.15, 0.2) is 6.61 Å². The van der Waals surface area contributed by atoms with Crippen molar-refractivity contribution in [3.63, 3.8) is 0 Å². The second-order valence-corrected chi connectivity index (χ2v) is 9.53. The van der Waals surface area contributed by atoms with Crippen LogP contribution in [0.2, 0.25) is 0 Å². The van der Waals surface area contributed by atoms with Crippen molar-refractivity contribution in [2.75, 3.05) is 19.7 Å². The first-order valence-corrected chi connectivity index (χ1v) is 12.0. The van der Waals surface area contributed by atoms with Gasteiger partial charge in [-0.1, -0.05) is 45.9 Å². The fourth-order valence-corrected chi connectivity index (χ4v) is 4.52. The number of carbonyl (C=O) groups is 2. The zero-order valence-electron chi connectivity index (χ0n) is 19.1. The van der Waals surface area contributed by atoms with E-state index in [4.69, 9.17) is 4.74 Å². The van der Waals surface area contributed by atoms with Crippen LogP contribution in [0.5, 0.6) is 5.75 Å². The molecule has 0 aliphatic rings. The Morgan fingerprint density at radius 3 is 2.34 bits per heavy atom. The zero-order chi connectivity index (χ0) is 23.9. The Labute approximate surface area is 190 Å². The number of hydrazine groups is 1. The van der Waals surface area contributed by atoms with E-state index in [0.29, 0.717) is 24.8 Å². The first-order valence-electron chi connectivity index (χ1n) is 10.5. The monoisotopic (exact) mass is 461 g/mol. The molecule has 0 aromatic heterocycles. The Bertz CT molecular complexity index is 1060. The van der Waals surface area contributed by atoms with Crippen LogP contribution in [0.3, 0.4) is 0 Å². The second-order valence-electron chi connectivity index (χ2n) is 7.59. The van der Waals surface area contributed by atoms with Gasteiger partial charge < -0.3 is 4.74 Å². The smallest absolute Gasteiger partial charge is 0.276 e. The molecule has 0 spiro atoms.